The van der Waals surface area contributed by atoms with Crippen molar-refractivity contribution in [3.8, 4) is 0 Å². The molecular weight excluding hydrogens is 261 g/mol. The van der Waals surface area contributed by atoms with Gasteiger partial charge in [-0.05, 0) is 42.0 Å². The quantitative estimate of drug-likeness (QED) is 0.512. The molecule has 0 amide bonds. The number of halogens is 1. The lowest BCUT2D eigenvalue weighted by molar-refractivity contribution is 0.627. The summed E-state index contributed by atoms with van der Waals surface area (Å²) in [5.41, 5.74) is 4.20. The topological polar surface area (TPSA) is 36.4 Å². The highest BCUT2D eigenvalue weighted by atomic mass is 32.1. The van der Waals surface area contributed by atoms with Crippen LogP contribution >= 0.6 is 12.2 Å². The molecule has 0 aromatic heterocycles. The first-order valence-electron chi connectivity index (χ1n) is 5.65. The SMILES string of the molecule is Fc1cccc(C=NNC(=S)Nc2ccccc2)c1. The molecule has 2 aromatic carbocycles. The normalized spacial score (nSPS) is 10.4. The molecule has 2 N–H and O–H groups in total. The van der Waals surface area contributed by atoms with Crippen LogP contribution in [0.5, 0.6) is 0 Å². The maximum atomic E-state index is 12.9. The zero-order valence-electron chi connectivity index (χ0n) is 10.0. The Morgan fingerprint density at radius 1 is 1.11 bits per heavy atom. The number of nitrogens with zero attached hydrogens (tertiary/aromatic N) is 1. The standard InChI is InChI=1S/C14H12FN3S/c15-12-6-4-5-11(9-12)10-16-18-14(19)17-13-7-2-1-3-8-13/h1-10H,(H2,17,18,19). The summed E-state index contributed by atoms with van der Waals surface area (Å²) in [6, 6.07) is 15.7. The number of rotatable bonds is 3. The van der Waals surface area contributed by atoms with Gasteiger partial charge in [-0.25, -0.2) is 4.39 Å². The van der Waals surface area contributed by atoms with Crippen molar-refractivity contribution < 1.29 is 4.39 Å². The Morgan fingerprint density at radius 3 is 2.63 bits per heavy atom. The van der Waals surface area contributed by atoms with E-state index in [1.807, 2.05) is 30.3 Å². The predicted molar refractivity (Wildman–Crippen MR) is 79.8 cm³/mol. The third kappa shape index (κ3) is 4.48. The Balaban J connectivity index is 1.87. The lowest BCUT2D eigenvalue weighted by Crippen LogP contribution is -2.23. The molecule has 0 spiro atoms. The zero-order chi connectivity index (χ0) is 13.5. The van der Waals surface area contributed by atoms with Crippen LogP contribution in [0.2, 0.25) is 0 Å². The second-order valence-electron chi connectivity index (χ2n) is 3.75. The summed E-state index contributed by atoms with van der Waals surface area (Å²) < 4.78 is 12.9. The second-order valence-corrected chi connectivity index (χ2v) is 4.15. The average Bonchev–Trinajstić information content (AvgIpc) is 2.40. The predicted octanol–water partition coefficient (Wildman–Crippen LogP) is 3.15. The molecule has 0 aliphatic carbocycles. The Labute approximate surface area is 116 Å². The van der Waals surface area contributed by atoms with Gasteiger partial charge in [-0.2, -0.15) is 5.10 Å². The van der Waals surface area contributed by atoms with Crippen LogP contribution in [0, 0.1) is 5.82 Å². The molecule has 0 heterocycles. The Morgan fingerprint density at radius 2 is 1.89 bits per heavy atom. The maximum Gasteiger partial charge on any atom is 0.191 e. The van der Waals surface area contributed by atoms with Crippen LogP contribution in [0.25, 0.3) is 0 Å². The second kappa shape index (κ2) is 6.61. The Kier molecular flexibility index (Phi) is 4.58. The van der Waals surface area contributed by atoms with E-state index >= 15 is 0 Å². The molecule has 0 fully saturated rings. The third-order valence-corrected chi connectivity index (χ3v) is 2.45. The highest BCUT2D eigenvalue weighted by Crippen LogP contribution is 2.04. The van der Waals surface area contributed by atoms with Crippen LogP contribution in [-0.2, 0) is 0 Å². The molecule has 0 saturated heterocycles. The van der Waals surface area contributed by atoms with Crippen molar-refractivity contribution in [2.24, 2.45) is 5.10 Å². The van der Waals surface area contributed by atoms with E-state index in [9.17, 15) is 4.39 Å². The molecule has 0 unspecified atom stereocenters. The van der Waals surface area contributed by atoms with E-state index in [4.69, 9.17) is 12.2 Å². The number of para-hydroxylation sites is 1. The van der Waals surface area contributed by atoms with Crippen molar-refractivity contribution in [2.75, 3.05) is 5.32 Å². The van der Waals surface area contributed by atoms with E-state index in [-0.39, 0.29) is 5.82 Å². The molecule has 2 aromatic rings. The van der Waals surface area contributed by atoms with Gasteiger partial charge >= 0.3 is 0 Å². The van der Waals surface area contributed by atoms with Crippen LogP contribution in [0.4, 0.5) is 10.1 Å². The fourth-order valence-electron chi connectivity index (χ4n) is 1.43. The van der Waals surface area contributed by atoms with Gasteiger partial charge in [0, 0.05) is 5.69 Å². The van der Waals surface area contributed by atoms with Crippen LogP contribution in [0.3, 0.4) is 0 Å². The van der Waals surface area contributed by atoms with Crippen LogP contribution < -0.4 is 10.7 Å². The van der Waals surface area contributed by atoms with Gasteiger partial charge in [-0.1, -0.05) is 30.3 Å². The van der Waals surface area contributed by atoms with E-state index in [0.29, 0.717) is 10.7 Å². The van der Waals surface area contributed by atoms with Crippen molar-refractivity contribution in [3.63, 3.8) is 0 Å². The van der Waals surface area contributed by atoms with E-state index in [2.05, 4.69) is 15.8 Å². The molecule has 0 radical (unpaired) electrons. The van der Waals surface area contributed by atoms with Crippen LogP contribution in [-0.4, -0.2) is 11.3 Å². The van der Waals surface area contributed by atoms with Gasteiger partial charge in [0.05, 0.1) is 6.21 Å². The van der Waals surface area contributed by atoms with Gasteiger partial charge in [0.2, 0.25) is 0 Å². The first-order valence-corrected chi connectivity index (χ1v) is 6.05. The number of hydrazone groups is 1. The average molecular weight is 273 g/mol. The summed E-state index contributed by atoms with van der Waals surface area (Å²) in [6.45, 7) is 0. The number of hydrogen-bond donors (Lipinski definition) is 2. The third-order valence-electron chi connectivity index (χ3n) is 2.26. The van der Waals surface area contributed by atoms with Gasteiger partial charge in [0.1, 0.15) is 5.82 Å². The van der Waals surface area contributed by atoms with Crippen LogP contribution in [0.1, 0.15) is 5.56 Å². The monoisotopic (exact) mass is 273 g/mol. The van der Waals surface area contributed by atoms with Crippen molar-refractivity contribution in [1.29, 1.82) is 0 Å². The summed E-state index contributed by atoms with van der Waals surface area (Å²) >= 11 is 5.07. The number of benzene rings is 2. The Bertz CT molecular complexity index is 584. The molecule has 19 heavy (non-hydrogen) atoms. The number of nitrogens with one attached hydrogen (secondary N) is 2. The number of hydrogen-bond acceptors (Lipinski definition) is 2. The zero-order valence-corrected chi connectivity index (χ0v) is 10.8. The van der Waals surface area contributed by atoms with E-state index in [0.717, 1.165) is 5.69 Å². The molecule has 0 aliphatic rings. The molecule has 0 bridgehead atoms. The highest BCUT2D eigenvalue weighted by Gasteiger charge is 1.94. The Hall–Kier alpha value is -2.27. The molecular formula is C14H12FN3S. The summed E-state index contributed by atoms with van der Waals surface area (Å²) in [6.07, 6.45) is 1.50. The van der Waals surface area contributed by atoms with E-state index < -0.39 is 0 Å². The number of anilines is 1. The van der Waals surface area contributed by atoms with Gasteiger partial charge in [0.15, 0.2) is 5.11 Å². The van der Waals surface area contributed by atoms with Gasteiger partial charge in [-0.15, -0.1) is 0 Å². The van der Waals surface area contributed by atoms with Gasteiger partial charge in [0.25, 0.3) is 0 Å². The molecule has 0 atom stereocenters. The smallest absolute Gasteiger partial charge is 0.191 e. The fraction of sp³-hybridized carbons (Fsp3) is 0. The summed E-state index contributed by atoms with van der Waals surface area (Å²) in [5, 5.41) is 7.28. The lowest BCUT2D eigenvalue weighted by atomic mass is 10.2. The molecule has 96 valence electrons. The summed E-state index contributed by atoms with van der Waals surface area (Å²) in [4.78, 5) is 0. The first-order chi connectivity index (χ1) is 9.24. The minimum Gasteiger partial charge on any atom is -0.331 e. The molecule has 2 rings (SSSR count). The largest absolute Gasteiger partial charge is 0.331 e. The van der Waals surface area contributed by atoms with Crippen molar-refractivity contribution >= 4 is 29.2 Å². The van der Waals surface area contributed by atoms with E-state index in [1.54, 1.807) is 12.1 Å². The van der Waals surface area contributed by atoms with Crippen LogP contribution in [0.15, 0.2) is 59.7 Å². The van der Waals surface area contributed by atoms with Crippen molar-refractivity contribution in [1.82, 2.24) is 5.43 Å². The maximum absolute atomic E-state index is 12.9. The van der Waals surface area contributed by atoms with Crippen molar-refractivity contribution in [2.45, 2.75) is 0 Å². The minimum absolute atomic E-state index is 0.297. The summed E-state index contributed by atoms with van der Waals surface area (Å²) in [5.74, 6) is -0.297. The van der Waals surface area contributed by atoms with E-state index in [1.165, 1.54) is 18.3 Å². The highest BCUT2D eigenvalue weighted by molar-refractivity contribution is 7.80. The molecule has 5 heteroatoms. The minimum atomic E-state index is -0.297. The summed E-state index contributed by atoms with van der Waals surface area (Å²) in [7, 11) is 0. The van der Waals surface area contributed by atoms with Gasteiger partial charge in [-0.3, -0.25) is 5.43 Å². The molecule has 0 aliphatic heterocycles. The molecule has 0 saturated carbocycles. The number of thiocarbonyl (C=S) groups is 1. The van der Waals surface area contributed by atoms with Gasteiger partial charge < -0.3 is 5.32 Å². The van der Waals surface area contributed by atoms with Crippen molar-refractivity contribution in [3.05, 3.63) is 66.0 Å². The fourth-order valence-corrected chi connectivity index (χ4v) is 1.60. The lowest BCUT2D eigenvalue weighted by Gasteiger charge is -2.06. The first kappa shape index (κ1) is 13.2. The molecule has 3 nitrogen and oxygen atoms in total.